The van der Waals surface area contributed by atoms with Gasteiger partial charge in [-0.1, -0.05) is 30.3 Å². The highest BCUT2D eigenvalue weighted by Crippen LogP contribution is 2.26. The van der Waals surface area contributed by atoms with Crippen LogP contribution in [-0.2, 0) is 20.9 Å². The van der Waals surface area contributed by atoms with Gasteiger partial charge in [0.15, 0.2) is 6.61 Å². The second-order valence-electron chi connectivity index (χ2n) is 8.04. The molecule has 0 N–H and O–H groups in total. The summed E-state index contributed by atoms with van der Waals surface area (Å²) >= 11 is 0. The van der Waals surface area contributed by atoms with E-state index in [0.29, 0.717) is 25.2 Å². The molecule has 1 heterocycles. The molecule has 0 bridgehead atoms. The largest absolute Gasteiger partial charge is 0.497 e. The number of nitrogens with zero attached hydrogens (tertiary/aromatic N) is 2. The standard InChI is InChI=1S/C26H26N2O5/c1-27(16-18-9-10-20-15-21(32-2)12-11-19(20)14-18)25(30)17-33-26(31)22-6-3-4-7-23(22)28-13-5-8-24(28)29/h3-4,6-7,9-12,14-15H,5,8,13,16-17H2,1-2H3. The topological polar surface area (TPSA) is 76.2 Å². The van der Waals surface area contributed by atoms with Crippen LogP contribution in [0.3, 0.4) is 0 Å². The van der Waals surface area contributed by atoms with Crippen LogP contribution in [0.25, 0.3) is 10.8 Å². The fourth-order valence-electron chi connectivity index (χ4n) is 3.96. The maximum Gasteiger partial charge on any atom is 0.340 e. The minimum Gasteiger partial charge on any atom is -0.497 e. The van der Waals surface area contributed by atoms with E-state index >= 15 is 0 Å². The Kier molecular flexibility index (Phi) is 6.58. The Balaban J connectivity index is 1.37. The summed E-state index contributed by atoms with van der Waals surface area (Å²) in [5.74, 6) is -0.153. The van der Waals surface area contributed by atoms with Crippen molar-refractivity contribution in [1.29, 1.82) is 0 Å². The van der Waals surface area contributed by atoms with Crippen molar-refractivity contribution in [3.63, 3.8) is 0 Å². The molecule has 3 aromatic rings. The lowest BCUT2D eigenvalue weighted by Gasteiger charge is -2.20. The van der Waals surface area contributed by atoms with Gasteiger partial charge >= 0.3 is 5.97 Å². The van der Waals surface area contributed by atoms with Crippen LogP contribution in [0.5, 0.6) is 5.75 Å². The third-order valence-corrected chi connectivity index (χ3v) is 5.77. The number of ether oxygens (including phenoxy) is 2. The summed E-state index contributed by atoms with van der Waals surface area (Å²) < 4.78 is 10.6. The van der Waals surface area contributed by atoms with Crippen LogP contribution in [0.1, 0.15) is 28.8 Å². The molecule has 1 fully saturated rings. The first-order chi connectivity index (χ1) is 16.0. The van der Waals surface area contributed by atoms with Gasteiger partial charge in [-0.05, 0) is 53.1 Å². The highest BCUT2D eigenvalue weighted by molar-refractivity contribution is 6.04. The second kappa shape index (κ2) is 9.73. The summed E-state index contributed by atoms with van der Waals surface area (Å²) in [6, 6.07) is 18.6. The van der Waals surface area contributed by atoms with Crippen LogP contribution in [0.4, 0.5) is 5.69 Å². The zero-order valence-electron chi connectivity index (χ0n) is 18.7. The molecule has 1 aliphatic heterocycles. The van der Waals surface area contributed by atoms with E-state index < -0.39 is 5.97 Å². The summed E-state index contributed by atoms with van der Waals surface area (Å²) in [6.07, 6.45) is 1.22. The molecule has 3 aromatic carbocycles. The van der Waals surface area contributed by atoms with Crippen molar-refractivity contribution in [3.05, 3.63) is 71.8 Å². The van der Waals surface area contributed by atoms with E-state index in [2.05, 4.69) is 0 Å². The van der Waals surface area contributed by atoms with Gasteiger partial charge in [-0.15, -0.1) is 0 Å². The molecule has 7 nitrogen and oxygen atoms in total. The number of carbonyl (C=O) groups excluding carboxylic acids is 3. The smallest absolute Gasteiger partial charge is 0.340 e. The number of benzene rings is 3. The molecule has 33 heavy (non-hydrogen) atoms. The van der Waals surface area contributed by atoms with Gasteiger partial charge in [0, 0.05) is 26.6 Å². The summed E-state index contributed by atoms with van der Waals surface area (Å²) in [5.41, 5.74) is 1.78. The van der Waals surface area contributed by atoms with Crippen LogP contribution in [0, 0.1) is 0 Å². The summed E-state index contributed by atoms with van der Waals surface area (Å²) in [4.78, 5) is 40.5. The fourth-order valence-corrected chi connectivity index (χ4v) is 3.96. The van der Waals surface area contributed by atoms with Crippen molar-refractivity contribution in [2.75, 3.05) is 32.2 Å². The van der Waals surface area contributed by atoms with E-state index in [0.717, 1.165) is 28.5 Å². The first-order valence-corrected chi connectivity index (χ1v) is 10.8. The number of carbonyl (C=O) groups is 3. The molecule has 7 heteroatoms. The fraction of sp³-hybridized carbons (Fsp3) is 0.269. The predicted molar refractivity (Wildman–Crippen MR) is 125 cm³/mol. The van der Waals surface area contributed by atoms with Gasteiger partial charge in [-0.3, -0.25) is 9.59 Å². The number of hydrogen-bond acceptors (Lipinski definition) is 5. The van der Waals surface area contributed by atoms with E-state index in [1.54, 1.807) is 43.3 Å². The second-order valence-corrected chi connectivity index (χ2v) is 8.04. The Hall–Kier alpha value is -3.87. The first-order valence-electron chi connectivity index (χ1n) is 10.8. The van der Waals surface area contributed by atoms with Crippen LogP contribution in [0.15, 0.2) is 60.7 Å². The molecule has 0 atom stereocenters. The van der Waals surface area contributed by atoms with Crippen molar-refractivity contribution in [2.45, 2.75) is 19.4 Å². The van der Waals surface area contributed by atoms with E-state index in [-0.39, 0.29) is 24.0 Å². The van der Waals surface area contributed by atoms with Gasteiger partial charge in [0.25, 0.3) is 5.91 Å². The number of para-hydroxylation sites is 1. The zero-order valence-corrected chi connectivity index (χ0v) is 18.7. The average molecular weight is 447 g/mol. The molecule has 0 spiro atoms. The Labute approximate surface area is 192 Å². The van der Waals surface area contributed by atoms with Gasteiger partial charge < -0.3 is 19.3 Å². The lowest BCUT2D eigenvalue weighted by molar-refractivity contribution is -0.133. The van der Waals surface area contributed by atoms with Gasteiger partial charge in [0.05, 0.1) is 18.4 Å². The third kappa shape index (κ3) is 4.98. The number of methoxy groups -OCH3 is 1. The van der Waals surface area contributed by atoms with Crippen molar-refractivity contribution >= 4 is 34.2 Å². The summed E-state index contributed by atoms with van der Waals surface area (Å²) in [6.45, 7) is 0.586. The molecule has 170 valence electrons. The summed E-state index contributed by atoms with van der Waals surface area (Å²) in [5, 5.41) is 2.10. The number of likely N-dealkylation sites (N-methyl/N-ethyl adjacent to an activating group) is 1. The third-order valence-electron chi connectivity index (χ3n) is 5.77. The van der Waals surface area contributed by atoms with Gasteiger partial charge in [0.1, 0.15) is 5.75 Å². The molecule has 0 radical (unpaired) electrons. The van der Waals surface area contributed by atoms with Crippen LogP contribution >= 0.6 is 0 Å². The van der Waals surface area contributed by atoms with E-state index in [9.17, 15) is 14.4 Å². The van der Waals surface area contributed by atoms with Crippen molar-refractivity contribution in [3.8, 4) is 5.75 Å². The number of fused-ring (bicyclic) bond motifs is 1. The molecule has 0 saturated carbocycles. The van der Waals surface area contributed by atoms with Gasteiger partial charge in [0.2, 0.25) is 5.91 Å². The van der Waals surface area contributed by atoms with E-state index in [4.69, 9.17) is 9.47 Å². The number of anilines is 1. The molecule has 4 rings (SSSR count). The molecule has 0 aliphatic carbocycles. The molecule has 1 aliphatic rings. The number of hydrogen-bond donors (Lipinski definition) is 0. The van der Waals surface area contributed by atoms with Crippen molar-refractivity contribution < 1.29 is 23.9 Å². The first kappa shape index (κ1) is 22.3. The molecule has 2 amide bonds. The molecular formula is C26H26N2O5. The SMILES string of the molecule is COc1ccc2cc(CN(C)C(=O)COC(=O)c3ccccc3N3CCCC3=O)ccc2c1. The lowest BCUT2D eigenvalue weighted by Crippen LogP contribution is -2.31. The van der Waals surface area contributed by atoms with Crippen molar-refractivity contribution in [2.24, 2.45) is 0 Å². The Morgan fingerprint density at radius 3 is 2.55 bits per heavy atom. The average Bonchev–Trinajstić information content (AvgIpc) is 3.27. The normalized spacial score (nSPS) is 13.3. The maximum absolute atomic E-state index is 12.7. The van der Waals surface area contributed by atoms with Crippen LogP contribution in [-0.4, -0.2) is 50.0 Å². The highest BCUT2D eigenvalue weighted by Gasteiger charge is 2.26. The van der Waals surface area contributed by atoms with Crippen molar-refractivity contribution in [1.82, 2.24) is 4.90 Å². The number of esters is 1. The molecule has 0 aromatic heterocycles. The van der Waals surface area contributed by atoms with Gasteiger partial charge in [-0.2, -0.15) is 0 Å². The quantitative estimate of drug-likeness (QED) is 0.516. The van der Waals surface area contributed by atoms with E-state index in [1.165, 1.54) is 4.90 Å². The maximum atomic E-state index is 12.7. The Bertz CT molecular complexity index is 1210. The number of rotatable bonds is 7. The minimum absolute atomic E-state index is 0.0140. The van der Waals surface area contributed by atoms with Crippen LogP contribution in [0.2, 0.25) is 0 Å². The van der Waals surface area contributed by atoms with Crippen LogP contribution < -0.4 is 9.64 Å². The van der Waals surface area contributed by atoms with Gasteiger partial charge in [-0.25, -0.2) is 4.79 Å². The summed E-state index contributed by atoms with van der Waals surface area (Å²) in [7, 11) is 3.30. The minimum atomic E-state index is -0.619. The highest BCUT2D eigenvalue weighted by atomic mass is 16.5. The molecule has 1 saturated heterocycles. The zero-order chi connectivity index (χ0) is 23.4. The lowest BCUT2D eigenvalue weighted by atomic mass is 10.1. The molecular weight excluding hydrogens is 420 g/mol. The number of amides is 2. The van der Waals surface area contributed by atoms with E-state index in [1.807, 2.05) is 36.4 Å². The monoisotopic (exact) mass is 446 g/mol. The Morgan fingerprint density at radius 1 is 1.03 bits per heavy atom. The Morgan fingerprint density at radius 2 is 1.79 bits per heavy atom. The predicted octanol–water partition coefficient (Wildman–Crippen LogP) is 3.79. The molecule has 0 unspecified atom stereocenters.